The Morgan fingerprint density at radius 1 is 1.35 bits per heavy atom. The molecule has 94 valence electrons. The van der Waals surface area contributed by atoms with Gasteiger partial charge in [0.15, 0.2) is 0 Å². The molecule has 1 amide bonds. The van der Waals surface area contributed by atoms with E-state index in [1.165, 1.54) is 12.1 Å². The standard InChI is InChI=1S/C13H19FN2O/c1-3-15-13(17)8-9-16-10(2)11-4-6-12(14)7-5-11/h4-7,10,16H,3,8-9H2,1-2H3,(H,15,17)/t10-/m0/s1. The van der Waals surface area contributed by atoms with Crippen LogP contribution in [0.25, 0.3) is 0 Å². The minimum Gasteiger partial charge on any atom is -0.356 e. The second-order valence-corrected chi connectivity index (χ2v) is 3.93. The van der Waals surface area contributed by atoms with Gasteiger partial charge in [0.2, 0.25) is 5.91 Å². The molecule has 0 heterocycles. The van der Waals surface area contributed by atoms with E-state index in [1.807, 2.05) is 13.8 Å². The number of halogens is 1. The molecule has 4 heteroatoms. The number of nitrogens with one attached hydrogen (secondary N) is 2. The summed E-state index contributed by atoms with van der Waals surface area (Å²) in [5.74, 6) is -0.186. The Labute approximate surface area is 101 Å². The van der Waals surface area contributed by atoms with Crippen LogP contribution in [-0.4, -0.2) is 19.0 Å². The van der Waals surface area contributed by atoms with Gasteiger partial charge in [0.25, 0.3) is 0 Å². The first-order valence-corrected chi connectivity index (χ1v) is 5.89. The molecule has 1 aromatic rings. The average Bonchev–Trinajstić information content (AvgIpc) is 2.30. The molecule has 0 aliphatic heterocycles. The molecule has 0 aliphatic carbocycles. The topological polar surface area (TPSA) is 41.1 Å². The number of rotatable bonds is 6. The third kappa shape index (κ3) is 4.95. The van der Waals surface area contributed by atoms with Crippen molar-refractivity contribution in [3.05, 3.63) is 35.6 Å². The minimum atomic E-state index is -0.233. The molecule has 0 aliphatic rings. The summed E-state index contributed by atoms with van der Waals surface area (Å²) in [4.78, 5) is 11.2. The number of hydrogen-bond acceptors (Lipinski definition) is 2. The highest BCUT2D eigenvalue weighted by Gasteiger charge is 2.05. The molecule has 0 fully saturated rings. The lowest BCUT2D eigenvalue weighted by Crippen LogP contribution is -2.28. The van der Waals surface area contributed by atoms with Crippen LogP contribution in [0.15, 0.2) is 24.3 Å². The molecule has 0 radical (unpaired) electrons. The van der Waals surface area contributed by atoms with Crippen LogP contribution in [0.1, 0.15) is 31.9 Å². The van der Waals surface area contributed by atoms with Crippen molar-refractivity contribution in [3.8, 4) is 0 Å². The van der Waals surface area contributed by atoms with Crippen LogP contribution >= 0.6 is 0 Å². The van der Waals surface area contributed by atoms with E-state index in [9.17, 15) is 9.18 Å². The van der Waals surface area contributed by atoms with Crippen LogP contribution in [0, 0.1) is 5.82 Å². The lowest BCUT2D eigenvalue weighted by Gasteiger charge is -2.13. The molecular formula is C13H19FN2O. The number of hydrogen-bond donors (Lipinski definition) is 2. The van der Waals surface area contributed by atoms with Crippen LogP contribution < -0.4 is 10.6 Å². The van der Waals surface area contributed by atoms with E-state index in [-0.39, 0.29) is 17.8 Å². The summed E-state index contributed by atoms with van der Waals surface area (Å²) in [6.45, 7) is 5.16. The Kier molecular flexibility index (Phi) is 5.63. The van der Waals surface area contributed by atoms with Crippen LogP contribution in [0.3, 0.4) is 0 Å². The van der Waals surface area contributed by atoms with Crippen LogP contribution in [-0.2, 0) is 4.79 Å². The van der Waals surface area contributed by atoms with E-state index >= 15 is 0 Å². The average molecular weight is 238 g/mol. The van der Waals surface area contributed by atoms with Gasteiger partial charge in [-0.15, -0.1) is 0 Å². The summed E-state index contributed by atoms with van der Waals surface area (Å²) in [5, 5.41) is 5.96. The van der Waals surface area contributed by atoms with Gasteiger partial charge in [0, 0.05) is 25.6 Å². The normalized spacial score (nSPS) is 12.2. The molecule has 2 N–H and O–H groups in total. The smallest absolute Gasteiger partial charge is 0.221 e. The Balaban J connectivity index is 2.32. The highest BCUT2D eigenvalue weighted by molar-refractivity contribution is 5.75. The molecule has 0 bridgehead atoms. The van der Waals surface area contributed by atoms with Crippen LogP contribution in [0.2, 0.25) is 0 Å². The van der Waals surface area contributed by atoms with E-state index in [0.29, 0.717) is 19.5 Å². The first-order chi connectivity index (χ1) is 8.13. The van der Waals surface area contributed by atoms with Crippen molar-refractivity contribution < 1.29 is 9.18 Å². The summed E-state index contributed by atoms with van der Waals surface area (Å²) >= 11 is 0. The predicted molar refractivity (Wildman–Crippen MR) is 66.1 cm³/mol. The summed E-state index contributed by atoms with van der Waals surface area (Å²) in [5.41, 5.74) is 1.02. The Morgan fingerprint density at radius 3 is 2.59 bits per heavy atom. The lowest BCUT2D eigenvalue weighted by molar-refractivity contribution is -0.120. The fourth-order valence-electron chi connectivity index (χ4n) is 1.56. The second kappa shape index (κ2) is 7.01. The van der Waals surface area contributed by atoms with Gasteiger partial charge in [-0.25, -0.2) is 4.39 Å². The fraction of sp³-hybridized carbons (Fsp3) is 0.462. The summed E-state index contributed by atoms with van der Waals surface area (Å²) < 4.78 is 12.7. The molecular weight excluding hydrogens is 219 g/mol. The zero-order valence-electron chi connectivity index (χ0n) is 10.3. The molecule has 0 saturated heterocycles. The van der Waals surface area contributed by atoms with E-state index in [2.05, 4.69) is 10.6 Å². The molecule has 1 atom stereocenters. The molecule has 3 nitrogen and oxygen atoms in total. The van der Waals surface area contributed by atoms with Gasteiger partial charge in [-0.05, 0) is 31.5 Å². The number of amides is 1. The van der Waals surface area contributed by atoms with Crippen LogP contribution in [0.5, 0.6) is 0 Å². The molecule has 17 heavy (non-hydrogen) atoms. The van der Waals surface area contributed by atoms with Gasteiger partial charge < -0.3 is 10.6 Å². The summed E-state index contributed by atoms with van der Waals surface area (Å²) in [6, 6.07) is 6.50. The van der Waals surface area contributed by atoms with Gasteiger partial charge in [0.05, 0.1) is 0 Å². The number of benzene rings is 1. The maximum Gasteiger partial charge on any atom is 0.221 e. The van der Waals surface area contributed by atoms with E-state index in [1.54, 1.807) is 12.1 Å². The third-order valence-corrected chi connectivity index (χ3v) is 2.55. The molecule has 0 saturated carbocycles. The Hall–Kier alpha value is -1.42. The van der Waals surface area contributed by atoms with Crippen molar-refractivity contribution in [3.63, 3.8) is 0 Å². The van der Waals surface area contributed by atoms with Crippen molar-refractivity contribution in [1.82, 2.24) is 10.6 Å². The third-order valence-electron chi connectivity index (χ3n) is 2.55. The molecule has 1 rings (SSSR count). The van der Waals surface area contributed by atoms with Gasteiger partial charge in [-0.3, -0.25) is 4.79 Å². The Bertz CT molecular complexity index is 351. The van der Waals surface area contributed by atoms with Crippen molar-refractivity contribution in [1.29, 1.82) is 0 Å². The largest absolute Gasteiger partial charge is 0.356 e. The van der Waals surface area contributed by atoms with E-state index in [0.717, 1.165) is 5.56 Å². The fourth-order valence-corrected chi connectivity index (χ4v) is 1.56. The summed E-state index contributed by atoms with van der Waals surface area (Å²) in [7, 11) is 0. The quantitative estimate of drug-likeness (QED) is 0.796. The predicted octanol–water partition coefficient (Wildman–Crippen LogP) is 2.00. The maximum absolute atomic E-state index is 12.7. The van der Waals surface area contributed by atoms with Gasteiger partial charge in [-0.1, -0.05) is 12.1 Å². The number of carbonyl (C=O) groups excluding carboxylic acids is 1. The van der Waals surface area contributed by atoms with Crippen molar-refractivity contribution in [2.45, 2.75) is 26.3 Å². The minimum absolute atomic E-state index is 0.0475. The second-order valence-electron chi connectivity index (χ2n) is 3.93. The SMILES string of the molecule is CCNC(=O)CCN[C@@H](C)c1ccc(F)cc1. The highest BCUT2D eigenvalue weighted by atomic mass is 19.1. The first-order valence-electron chi connectivity index (χ1n) is 5.89. The van der Waals surface area contributed by atoms with Crippen molar-refractivity contribution >= 4 is 5.91 Å². The molecule has 0 aromatic heterocycles. The summed E-state index contributed by atoms with van der Waals surface area (Å²) in [6.07, 6.45) is 0.458. The zero-order chi connectivity index (χ0) is 12.7. The van der Waals surface area contributed by atoms with Gasteiger partial charge in [-0.2, -0.15) is 0 Å². The number of carbonyl (C=O) groups is 1. The highest BCUT2D eigenvalue weighted by Crippen LogP contribution is 2.12. The maximum atomic E-state index is 12.7. The zero-order valence-corrected chi connectivity index (χ0v) is 10.3. The van der Waals surface area contributed by atoms with Gasteiger partial charge in [0.1, 0.15) is 5.82 Å². The molecule has 0 unspecified atom stereocenters. The van der Waals surface area contributed by atoms with Gasteiger partial charge >= 0.3 is 0 Å². The van der Waals surface area contributed by atoms with Crippen molar-refractivity contribution in [2.75, 3.05) is 13.1 Å². The van der Waals surface area contributed by atoms with Crippen molar-refractivity contribution in [2.24, 2.45) is 0 Å². The first kappa shape index (κ1) is 13.6. The molecule has 1 aromatic carbocycles. The lowest BCUT2D eigenvalue weighted by atomic mass is 10.1. The van der Waals surface area contributed by atoms with E-state index < -0.39 is 0 Å². The monoisotopic (exact) mass is 238 g/mol. The molecule has 0 spiro atoms. The Morgan fingerprint density at radius 2 is 2.00 bits per heavy atom. The van der Waals surface area contributed by atoms with Crippen LogP contribution in [0.4, 0.5) is 4.39 Å². The van der Waals surface area contributed by atoms with E-state index in [4.69, 9.17) is 0 Å².